The van der Waals surface area contributed by atoms with Gasteiger partial charge in [0.15, 0.2) is 31.7 Å². The maximum Gasteiger partial charge on any atom is 0.162 e. The molecule has 4 rings (SSSR count). The van der Waals surface area contributed by atoms with E-state index in [0.29, 0.717) is 11.0 Å². The zero-order chi connectivity index (χ0) is 16.8. The summed E-state index contributed by atoms with van der Waals surface area (Å²) in [4.78, 5) is 8.80. The summed E-state index contributed by atoms with van der Waals surface area (Å²) in [5.74, 6) is -0.715. The topological polar surface area (TPSA) is 107 Å². The van der Waals surface area contributed by atoms with Gasteiger partial charge in [-0.3, -0.25) is 0 Å². The van der Waals surface area contributed by atoms with Gasteiger partial charge in [-0.1, -0.05) is 0 Å². The number of hydrogen-bond donors (Lipinski definition) is 4. The highest BCUT2D eigenvalue weighted by Gasteiger charge is 2.12. The van der Waals surface area contributed by atoms with Crippen molar-refractivity contribution in [2.75, 3.05) is 0 Å². The summed E-state index contributed by atoms with van der Waals surface area (Å²) in [6.45, 7) is 0. The first-order valence-electron chi connectivity index (χ1n) is 6.49. The second-order valence-corrected chi connectivity index (χ2v) is 9.43. The summed E-state index contributed by atoms with van der Waals surface area (Å²) in [7, 11) is 2.84. The predicted molar refractivity (Wildman–Crippen MR) is 97.6 cm³/mol. The normalized spacial score (nSPS) is 11.5. The van der Waals surface area contributed by atoms with Gasteiger partial charge in [-0.05, 0) is 21.6 Å². The van der Waals surface area contributed by atoms with Gasteiger partial charge in [0.05, 0.1) is 20.4 Å². The van der Waals surface area contributed by atoms with Crippen molar-refractivity contribution in [3.63, 3.8) is 0 Å². The van der Waals surface area contributed by atoms with E-state index in [1.54, 1.807) is 0 Å². The van der Waals surface area contributed by atoms with Crippen molar-refractivity contribution in [3.8, 4) is 23.0 Å². The fourth-order valence-corrected chi connectivity index (χ4v) is 6.53. The first-order chi connectivity index (χ1) is 11.5. The van der Waals surface area contributed by atoms with Crippen LogP contribution in [0.5, 0.6) is 23.0 Å². The standard InChI is InChI=1S/C14H8N2O4S4/c17-7-1-5-11(3-9(7)19)21-13(15-5)23-24-14-16-6-2-8(18)10(20)4-12(6)22-14/h1-4,17-20H. The number of thiazole rings is 2. The van der Waals surface area contributed by atoms with Crippen LogP contribution in [-0.4, -0.2) is 30.4 Å². The van der Waals surface area contributed by atoms with Crippen molar-refractivity contribution < 1.29 is 20.4 Å². The molecule has 0 aliphatic rings. The van der Waals surface area contributed by atoms with Gasteiger partial charge in [0.1, 0.15) is 0 Å². The smallest absolute Gasteiger partial charge is 0.162 e. The maximum absolute atomic E-state index is 9.53. The Bertz CT molecular complexity index is 912. The molecule has 0 aliphatic carbocycles. The second kappa shape index (κ2) is 5.88. The van der Waals surface area contributed by atoms with Crippen molar-refractivity contribution in [3.05, 3.63) is 24.3 Å². The molecule has 0 spiro atoms. The van der Waals surface area contributed by atoms with Gasteiger partial charge in [0.2, 0.25) is 0 Å². The van der Waals surface area contributed by atoms with Crippen LogP contribution in [0, 0.1) is 0 Å². The molecule has 122 valence electrons. The van der Waals surface area contributed by atoms with Gasteiger partial charge >= 0.3 is 0 Å². The number of rotatable bonds is 3. The molecule has 2 aromatic carbocycles. The van der Waals surface area contributed by atoms with Crippen molar-refractivity contribution in [1.29, 1.82) is 0 Å². The summed E-state index contributed by atoms with van der Waals surface area (Å²) in [6, 6.07) is 5.83. The molecule has 4 N–H and O–H groups in total. The highest BCUT2D eigenvalue weighted by atomic mass is 33.1. The van der Waals surface area contributed by atoms with E-state index in [4.69, 9.17) is 0 Å². The van der Waals surface area contributed by atoms with E-state index in [2.05, 4.69) is 9.97 Å². The molecule has 0 aliphatic heterocycles. The molecule has 2 heterocycles. The van der Waals surface area contributed by atoms with E-state index in [0.717, 1.165) is 18.1 Å². The van der Waals surface area contributed by atoms with Crippen LogP contribution in [0.25, 0.3) is 20.4 Å². The van der Waals surface area contributed by atoms with Crippen molar-refractivity contribution in [2.24, 2.45) is 0 Å². The van der Waals surface area contributed by atoms with Gasteiger partial charge in [-0.25, -0.2) is 9.97 Å². The molecule has 0 fully saturated rings. The average molecular weight is 396 g/mol. The SMILES string of the molecule is Oc1cc2nc(SSc3nc4cc(O)c(O)cc4s3)sc2cc1O. The van der Waals surface area contributed by atoms with E-state index >= 15 is 0 Å². The van der Waals surface area contributed by atoms with Crippen LogP contribution in [-0.2, 0) is 0 Å². The quantitative estimate of drug-likeness (QED) is 0.296. The molecule has 0 unspecified atom stereocenters. The van der Waals surface area contributed by atoms with Crippen LogP contribution >= 0.6 is 44.3 Å². The number of aromatic nitrogens is 2. The lowest BCUT2D eigenvalue weighted by Crippen LogP contribution is -1.71. The van der Waals surface area contributed by atoms with E-state index in [9.17, 15) is 20.4 Å². The number of benzene rings is 2. The number of nitrogens with zero attached hydrogens (tertiary/aromatic N) is 2. The third-order valence-electron chi connectivity index (χ3n) is 3.11. The minimum absolute atomic E-state index is 0.166. The zero-order valence-corrected chi connectivity index (χ0v) is 14.9. The van der Waals surface area contributed by atoms with E-state index in [-0.39, 0.29) is 23.0 Å². The summed E-state index contributed by atoms with van der Waals surface area (Å²) in [6.07, 6.45) is 0. The Morgan fingerprint density at radius 3 is 1.42 bits per heavy atom. The Balaban J connectivity index is 1.58. The molecule has 4 aromatic rings. The van der Waals surface area contributed by atoms with Crippen LogP contribution in [0.3, 0.4) is 0 Å². The Labute approximate surface area is 150 Å². The first kappa shape index (κ1) is 15.6. The monoisotopic (exact) mass is 396 g/mol. The highest BCUT2D eigenvalue weighted by Crippen LogP contribution is 2.45. The molecule has 0 saturated carbocycles. The van der Waals surface area contributed by atoms with Crippen LogP contribution in [0.4, 0.5) is 0 Å². The third kappa shape index (κ3) is 2.81. The van der Waals surface area contributed by atoms with Crippen molar-refractivity contribution in [2.45, 2.75) is 8.68 Å². The Morgan fingerprint density at radius 2 is 1.00 bits per heavy atom. The Kier molecular flexibility index (Phi) is 3.83. The van der Waals surface area contributed by atoms with E-state index < -0.39 is 0 Å². The van der Waals surface area contributed by atoms with E-state index in [1.165, 1.54) is 68.5 Å². The number of phenols is 4. The number of hydrogen-bond acceptors (Lipinski definition) is 10. The van der Waals surface area contributed by atoms with Crippen LogP contribution in [0.1, 0.15) is 0 Å². The molecule has 2 aromatic heterocycles. The summed E-state index contributed by atoms with van der Waals surface area (Å²) in [5, 5.41) is 38.1. The molecule has 0 saturated heterocycles. The minimum Gasteiger partial charge on any atom is -0.504 e. The minimum atomic E-state index is -0.192. The number of fused-ring (bicyclic) bond motifs is 2. The lowest BCUT2D eigenvalue weighted by Gasteiger charge is -1.94. The zero-order valence-electron chi connectivity index (χ0n) is 11.6. The lowest BCUT2D eigenvalue weighted by atomic mass is 10.3. The van der Waals surface area contributed by atoms with E-state index in [1.807, 2.05) is 0 Å². The highest BCUT2D eigenvalue weighted by molar-refractivity contribution is 8.77. The molecule has 0 bridgehead atoms. The number of phenolic OH excluding ortho intramolecular Hbond substituents is 4. The fourth-order valence-electron chi connectivity index (χ4n) is 2.00. The Morgan fingerprint density at radius 1 is 0.625 bits per heavy atom. The largest absolute Gasteiger partial charge is 0.504 e. The molecular formula is C14H8N2O4S4. The molecule has 6 nitrogen and oxygen atoms in total. The Hall–Kier alpha value is -1.88. The van der Waals surface area contributed by atoms with Gasteiger partial charge in [-0.15, -0.1) is 22.7 Å². The molecule has 10 heteroatoms. The van der Waals surface area contributed by atoms with Crippen LogP contribution in [0.2, 0.25) is 0 Å². The predicted octanol–water partition coefficient (Wildman–Crippen LogP) is 4.53. The molecule has 0 amide bonds. The fraction of sp³-hybridized carbons (Fsp3) is 0. The molecule has 0 atom stereocenters. The summed E-state index contributed by atoms with van der Waals surface area (Å²) in [5.41, 5.74) is 1.25. The van der Waals surface area contributed by atoms with Gasteiger partial charge in [0, 0.05) is 24.3 Å². The van der Waals surface area contributed by atoms with Crippen LogP contribution in [0.15, 0.2) is 32.9 Å². The average Bonchev–Trinajstić information content (AvgIpc) is 3.09. The van der Waals surface area contributed by atoms with Crippen molar-refractivity contribution in [1.82, 2.24) is 9.97 Å². The molecular weight excluding hydrogens is 388 g/mol. The van der Waals surface area contributed by atoms with Gasteiger partial charge < -0.3 is 20.4 Å². The lowest BCUT2D eigenvalue weighted by molar-refractivity contribution is 0.405. The van der Waals surface area contributed by atoms with Gasteiger partial charge in [0.25, 0.3) is 0 Å². The number of aromatic hydroxyl groups is 4. The van der Waals surface area contributed by atoms with Crippen molar-refractivity contribution >= 4 is 64.7 Å². The molecule has 0 radical (unpaired) electrons. The van der Waals surface area contributed by atoms with Gasteiger partial charge in [-0.2, -0.15) is 0 Å². The maximum atomic E-state index is 9.53. The second-order valence-electron chi connectivity index (χ2n) is 4.74. The third-order valence-corrected chi connectivity index (χ3v) is 8.12. The summed E-state index contributed by atoms with van der Waals surface area (Å²) >= 11 is 2.82. The summed E-state index contributed by atoms with van der Waals surface area (Å²) < 4.78 is 3.11. The first-order valence-corrected chi connectivity index (χ1v) is 10.3. The molecule has 24 heavy (non-hydrogen) atoms. The van der Waals surface area contributed by atoms with Crippen LogP contribution < -0.4 is 0 Å².